The Kier molecular flexibility index (Phi) is 6.27. The molecule has 0 N–H and O–H groups in total. The van der Waals surface area contributed by atoms with E-state index < -0.39 is 0 Å². The van der Waals surface area contributed by atoms with Gasteiger partial charge in [0.2, 0.25) is 0 Å². The number of likely N-dealkylation sites (tertiary alicyclic amines) is 1. The number of carbonyl (C=O) groups excluding carboxylic acids is 1. The summed E-state index contributed by atoms with van der Waals surface area (Å²) in [5, 5.41) is 0. The van der Waals surface area contributed by atoms with E-state index in [4.69, 9.17) is 4.74 Å². The first-order valence-corrected chi connectivity index (χ1v) is 10.6. The van der Waals surface area contributed by atoms with Gasteiger partial charge in [0.25, 0.3) is 5.91 Å². The molecule has 148 valence electrons. The van der Waals surface area contributed by atoms with Gasteiger partial charge in [0.05, 0.1) is 6.61 Å². The lowest BCUT2D eigenvalue weighted by Gasteiger charge is -2.26. The number of rotatable bonds is 8. The van der Waals surface area contributed by atoms with E-state index in [0.29, 0.717) is 6.61 Å². The normalized spacial score (nSPS) is 17.0. The van der Waals surface area contributed by atoms with Crippen LogP contribution in [-0.4, -0.2) is 41.9 Å². The van der Waals surface area contributed by atoms with Gasteiger partial charge in [0.1, 0.15) is 5.75 Å². The predicted molar refractivity (Wildman–Crippen MR) is 111 cm³/mol. The fourth-order valence-corrected chi connectivity index (χ4v) is 4.20. The number of unbranched alkanes of at least 4 members (excludes halogenated alkanes) is 1. The molecule has 4 nitrogen and oxygen atoms in total. The van der Waals surface area contributed by atoms with E-state index in [9.17, 15) is 4.79 Å². The Morgan fingerprint density at radius 1 is 0.929 bits per heavy atom. The van der Waals surface area contributed by atoms with Crippen LogP contribution < -0.4 is 4.74 Å². The first-order chi connectivity index (χ1) is 13.8. The molecule has 4 rings (SSSR count). The van der Waals surface area contributed by atoms with E-state index in [-0.39, 0.29) is 5.91 Å². The van der Waals surface area contributed by atoms with Crippen molar-refractivity contribution >= 4 is 5.91 Å². The first-order valence-electron chi connectivity index (χ1n) is 10.6. The number of hydrogen-bond donors (Lipinski definition) is 0. The van der Waals surface area contributed by atoms with Crippen LogP contribution in [0.2, 0.25) is 0 Å². The molecule has 28 heavy (non-hydrogen) atoms. The van der Waals surface area contributed by atoms with E-state index in [2.05, 4.69) is 23.1 Å². The van der Waals surface area contributed by atoms with Crippen molar-refractivity contribution in [3.63, 3.8) is 0 Å². The molecule has 1 saturated heterocycles. The lowest BCUT2D eigenvalue weighted by atomic mass is 10.1. The number of benzene rings is 2. The van der Waals surface area contributed by atoms with Crippen molar-refractivity contribution in [3.8, 4) is 5.75 Å². The predicted octanol–water partition coefficient (Wildman–Crippen LogP) is 4.49. The third kappa shape index (κ3) is 4.74. The maximum Gasteiger partial charge on any atom is 0.254 e. The SMILES string of the molecule is O=C1c2ccccc2CN1CCCCOc1cccc(CN2CCCCC2)c1. The van der Waals surface area contributed by atoms with E-state index in [1.807, 2.05) is 35.2 Å². The Labute approximate surface area is 168 Å². The Morgan fingerprint density at radius 3 is 2.64 bits per heavy atom. The van der Waals surface area contributed by atoms with Crippen molar-refractivity contribution in [3.05, 3.63) is 65.2 Å². The molecule has 0 unspecified atom stereocenters. The molecule has 2 aromatic carbocycles. The monoisotopic (exact) mass is 378 g/mol. The molecule has 0 aromatic heterocycles. The van der Waals surface area contributed by atoms with Gasteiger partial charge in [-0.05, 0) is 68.1 Å². The van der Waals surface area contributed by atoms with Crippen LogP contribution in [0.4, 0.5) is 0 Å². The van der Waals surface area contributed by atoms with Crippen molar-refractivity contribution in [1.82, 2.24) is 9.80 Å². The standard InChI is InChI=1S/C24H30N2O2/c27-24-23-12-3-2-10-21(23)19-26(24)15-6-7-16-28-22-11-8-9-20(17-22)18-25-13-4-1-5-14-25/h2-3,8-12,17H,1,4-7,13-16,18-19H2. The summed E-state index contributed by atoms with van der Waals surface area (Å²) in [4.78, 5) is 16.9. The molecule has 0 saturated carbocycles. The summed E-state index contributed by atoms with van der Waals surface area (Å²) < 4.78 is 5.97. The fraction of sp³-hybridized carbons (Fsp3) is 0.458. The second kappa shape index (κ2) is 9.24. The van der Waals surface area contributed by atoms with Gasteiger partial charge in [-0.25, -0.2) is 0 Å². The largest absolute Gasteiger partial charge is 0.494 e. The van der Waals surface area contributed by atoms with Crippen molar-refractivity contribution in [2.24, 2.45) is 0 Å². The zero-order chi connectivity index (χ0) is 19.2. The molecule has 0 aliphatic carbocycles. The zero-order valence-electron chi connectivity index (χ0n) is 16.6. The average Bonchev–Trinajstić information content (AvgIpc) is 3.05. The molecule has 1 fully saturated rings. The van der Waals surface area contributed by atoms with Crippen LogP contribution in [0.5, 0.6) is 5.75 Å². The maximum absolute atomic E-state index is 12.4. The van der Waals surface area contributed by atoms with Crippen LogP contribution in [0.25, 0.3) is 0 Å². The Morgan fingerprint density at radius 2 is 1.79 bits per heavy atom. The maximum atomic E-state index is 12.4. The quantitative estimate of drug-likeness (QED) is 0.635. The highest BCUT2D eigenvalue weighted by Gasteiger charge is 2.25. The first kappa shape index (κ1) is 19.0. The zero-order valence-corrected chi connectivity index (χ0v) is 16.6. The molecule has 2 heterocycles. The lowest BCUT2D eigenvalue weighted by Crippen LogP contribution is -2.29. The summed E-state index contributed by atoms with van der Waals surface area (Å²) in [5.41, 5.74) is 3.35. The van der Waals surface area contributed by atoms with Crippen molar-refractivity contribution in [1.29, 1.82) is 0 Å². The van der Waals surface area contributed by atoms with Gasteiger partial charge in [0.15, 0.2) is 0 Å². The van der Waals surface area contributed by atoms with Gasteiger partial charge in [-0.3, -0.25) is 9.69 Å². The van der Waals surface area contributed by atoms with Crippen LogP contribution >= 0.6 is 0 Å². The van der Waals surface area contributed by atoms with Gasteiger partial charge in [-0.2, -0.15) is 0 Å². The summed E-state index contributed by atoms with van der Waals surface area (Å²) in [7, 11) is 0. The van der Waals surface area contributed by atoms with Gasteiger partial charge < -0.3 is 9.64 Å². The highest BCUT2D eigenvalue weighted by molar-refractivity contribution is 5.98. The minimum absolute atomic E-state index is 0.168. The number of fused-ring (bicyclic) bond motifs is 1. The van der Waals surface area contributed by atoms with Gasteiger partial charge in [0, 0.05) is 25.2 Å². The van der Waals surface area contributed by atoms with E-state index >= 15 is 0 Å². The Bertz CT molecular complexity index is 799. The second-order valence-corrected chi connectivity index (χ2v) is 7.92. The number of piperidine rings is 1. The van der Waals surface area contributed by atoms with E-state index in [1.165, 1.54) is 37.9 Å². The molecule has 0 atom stereocenters. The molecule has 2 aliphatic rings. The minimum atomic E-state index is 0.168. The molecule has 2 aromatic rings. The van der Waals surface area contributed by atoms with E-state index in [0.717, 1.165) is 49.4 Å². The fourth-order valence-electron chi connectivity index (χ4n) is 4.20. The number of hydrogen-bond acceptors (Lipinski definition) is 3. The number of amides is 1. The Balaban J connectivity index is 1.18. The number of nitrogens with zero attached hydrogens (tertiary/aromatic N) is 2. The average molecular weight is 379 g/mol. The van der Waals surface area contributed by atoms with Crippen LogP contribution in [0.3, 0.4) is 0 Å². The van der Waals surface area contributed by atoms with Gasteiger partial charge in [-0.15, -0.1) is 0 Å². The van der Waals surface area contributed by atoms with Crippen LogP contribution in [-0.2, 0) is 13.1 Å². The van der Waals surface area contributed by atoms with Gasteiger partial charge >= 0.3 is 0 Å². The summed E-state index contributed by atoms with van der Waals surface area (Å²) in [6.07, 6.45) is 5.93. The lowest BCUT2D eigenvalue weighted by molar-refractivity contribution is 0.0773. The minimum Gasteiger partial charge on any atom is -0.494 e. The molecular formula is C24H30N2O2. The summed E-state index contributed by atoms with van der Waals surface area (Å²) in [6, 6.07) is 16.4. The molecule has 0 radical (unpaired) electrons. The van der Waals surface area contributed by atoms with Crippen LogP contribution in [0, 0.1) is 0 Å². The Hall–Kier alpha value is -2.33. The summed E-state index contributed by atoms with van der Waals surface area (Å²) in [5.74, 6) is 1.13. The molecule has 0 bridgehead atoms. The molecule has 1 amide bonds. The molecule has 4 heteroatoms. The summed E-state index contributed by atoms with van der Waals surface area (Å²) >= 11 is 0. The topological polar surface area (TPSA) is 32.8 Å². The third-order valence-electron chi connectivity index (χ3n) is 5.74. The third-order valence-corrected chi connectivity index (χ3v) is 5.74. The number of ether oxygens (including phenoxy) is 1. The van der Waals surface area contributed by atoms with E-state index in [1.54, 1.807) is 0 Å². The van der Waals surface area contributed by atoms with Crippen LogP contribution in [0.15, 0.2) is 48.5 Å². The smallest absolute Gasteiger partial charge is 0.254 e. The van der Waals surface area contributed by atoms with Gasteiger partial charge in [-0.1, -0.05) is 36.8 Å². The van der Waals surface area contributed by atoms with Crippen molar-refractivity contribution < 1.29 is 9.53 Å². The van der Waals surface area contributed by atoms with Crippen molar-refractivity contribution in [2.75, 3.05) is 26.2 Å². The number of carbonyl (C=O) groups is 1. The highest BCUT2D eigenvalue weighted by Crippen LogP contribution is 2.22. The molecular weight excluding hydrogens is 348 g/mol. The molecule has 2 aliphatic heterocycles. The molecule has 0 spiro atoms. The highest BCUT2D eigenvalue weighted by atomic mass is 16.5. The summed E-state index contributed by atoms with van der Waals surface area (Å²) in [6.45, 7) is 5.69. The second-order valence-electron chi connectivity index (χ2n) is 7.92. The van der Waals surface area contributed by atoms with Crippen molar-refractivity contribution in [2.45, 2.75) is 45.2 Å². The van der Waals surface area contributed by atoms with Crippen LogP contribution in [0.1, 0.15) is 53.6 Å².